The van der Waals surface area contributed by atoms with E-state index in [0.717, 1.165) is 14.9 Å². The third-order valence-corrected chi connectivity index (χ3v) is 5.95. The quantitative estimate of drug-likeness (QED) is 0.647. The van der Waals surface area contributed by atoms with E-state index in [-0.39, 0.29) is 29.3 Å². The first-order valence-electron chi connectivity index (χ1n) is 8.18. The molecule has 1 aromatic heterocycles. The maximum absolute atomic E-state index is 12.5. The second-order valence-corrected chi connectivity index (χ2v) is 8.44. The lowest BCUT2D eigenvalue weighted by atomic mass is 9.95. The molecule has 5 nitrogen and oxygen atoms in total. The van der Waals surface area contributed by atoms with Crippen LogP contribution in [0, 0.1) is 5.92 Å². The zero-order chi connectivity index (χ0) is 17.8. The number of nitrogens with one attached hydrogen (secondary N) is 3. The van der Waals surface area contributed by atoms with Crippen molar-refractivity contribution in [1.29, 1.82) is 0 Å². The Kier molecular flexibility index (Phi) is 6.11. The minimum atomic E-state index is -0.171. The molecule has 3 N–H and O–H groups in total. The van der Waals surface area contributed by atoms with Gasteiger partial charge in [-0.15, -0.1) is 11.8 Å². The highest BCUT2D eigenvalue weighted by Crippen LogP contribution is 2.28. The van der Waals surface area contributed by atoms with Gasteiger partial charge in [0.1, 0.15) is 0 Å². The van der Waals surface area contributed by atoms with Crippen molar-refractivity contribution in [2.24, 2.45) is 5.92 Å². The third-order valence-electron chi connectivity index (χ3n) is 4.30. The molecule has 4 unspecified atom stereocenters. The lowest BCUT2D eigenvalue weighted by Gasteiger charge is -2.21. The fourth-order valence-corrected chi connectivity index (χ4v) is 3.94. The number of benzene rings is 1. The second kappa shape index (κ2) is 8.31. The predicted octanol–water partition coefficient (Wildman–Crippen LogP) is 3.25. The Morgan fingerprint density at radius 3 is 2.56 bits per heavy atom. The Hall–Kier alpha value is -1.41. The van der Waals surface area contributed by atoms with Crippen LogP contribution in [0.4, 0.5) is 0 Å². The van der Waals surface area contributed by atoms with Crippen LogP contribution in [0.1, 0.15) is 25.5 Å². The third kappa shape index (κ3) is 4.61. The predicted molar refractivity (Wildman–Crippen MR) is 104 cm³/mol. The molecular weight excluding hydrogens is 400 g/mol. The highest BCUT2D eigenvalue weighted by molar-refractivity contribution is 9.10. The van der Waals surface area contributed by atoms with Gasteiger partial charge in [0.15, 0.2) is 0 Å². The number of amides is 1. The van der Waals surface area contributed by atoms with E-state index in [0.29, 0.717) is 0 Å². The van der Waals surface area contributed by atoms with Crippen LogP contribution < -0.4 is 16.2 Å². The first-order chi connectivity index (χ1) is 12.0. The standard InChI is InChI=1S/C18H21BrN4OS/c1-11-16(13-7-9-20-10-8-13)22-23-17(11)21-18(24)12(2)25-15-5-3-14(19)4-6-15/h3-12,16-17,22-23H,1-2H3,(H,21,24). The molecule has 1 amide bonds. The Labute approximate surface area is 160 Å². The number of rotatable bonds is 5. The van der Waals surface area contributed by atoms with E-state index in [1.54, 1.807) is 24.2 Å². The van der Waals surface area contributed by atoms with Gasteiger partial charge in [0.2, 0.25) is 5.91 Å². The van der Waals surface area contributed by atoms with Crippen LogP contribution >= 0.6 is 27.7 Å². The number of carbonyl (C=O) groups excluding carboxylic acids is 1. The summed E-state index contributed by atoms with van der Waals surface area (Å²) in [4.78, 5) is 17.7. The zero-order valence-electron chi connectivity index (χ0n) is 14.1. The topological polar surface area (TPSA) is 66.1 Å². The number of carbonyl (C=O) groups is 1. The van der Waals surface area contributed by atoms with Gasteiger partial charge in [0.25, 0.3) is 0 Å². The monoisotopic (exact) mass is 420 g/mol. The summed E-state index contributed by atoms with van der Waals surface area (Å²) in [6, 6.07) is 12.1. The van der Waals surface area contributed by atoms with Gasteiger partial charge in [0, 0.05) is 27.7 Å². The highest BCUT2D eigenvalue weighted by atomic mass is 79.9. The molecule has 132 valence electrons. The van der Waals surface area contributed by atoms with Gasteiger partial charge in [-0.1, -0.05) is 22.9 Å². The van der Waals surface area contributed by atoms with Crippen LogP contribution in [0.3, 0.4) is 0 Å². The number of hydrogen-bond donors (Lipinski definition) is 3. The number of hydrazine groups is 1. The van der Waals surface area contributed by atoms with Crippen LogP contribution in [-0.2, 0) is 4.79 Å². The summed E-state index contributed by atoms with van der Waals surface area (Å²) < 4.78 is 1.03. The van der Waals surface area contributed by atoms with E-state index in [4.69, 9.17) is 0 Å². The van der Waals surface area contributed by atoms with Crippen molar-refractivity contribution in [2.45, 2.75) is 36.2 Å². The molecule has 1 saturated heterocycles. The van der Waals surface area contributed by atoms with Crippen molar-refractivity contribution in [3.05, 3.63) is 58.8 Å². The van der Waals surface area contributed by atoms with Crippen molar-refractivity contribution in [3.63, 3.8) is 0 Å². The van der Waals surface area contributed by atoms with Gasteiger partial charge in [-0.05, 0) is 48.9 Å². The van der Waals surface area contributed by atoms with Crippen molar-refractivity contribution in [3.8, 4) is 0 Å². The normalized spacial score (nSPS) is 24.0. The van der Waals surface area contributed by atoms with Gasteiger partial charge in [-0.25, -0.2) is 10.9 Å². The van der Waals surface area contributed by atoms with Crippen molar-refractivity contribution in [2.75, 3.05) is 0 Å². The molecular formula is C18H21BrN4OS. The molecule has 1 fully saturated rings. The second-order valence-electron chi connectivity index (χ2n) is 6.11. The Morgan fingerprint density at radius 1 is 1.20 bits per heavy atom. The van der Waals surface area contributed by atoms with Crippen LogP contribution in [0.5, 0.6) is 0 Å². The largest absolute Gasteiger partial charge is 0.338 e. The summed E-state index contributed by atoms with van der Waals surface area (Å²) in [5.41, 5.74) is 7.62. The lowest BCUT2D eigenvalue weighted by Crippen LogP contribution is -2.48. The van der Waals surface area contributed by atoms with Crippen LogP contribution in [0.15, 0.2) is 58.2 Å². The SMILES string of the molecule is CC(Sc1ccc(Br)cc1)C(=O)NC1NNC(c2ccncc2)C1C. The zero-order valence-corrected chi connectivity index (χ0v) is 16.5. The van der Waals surface area contributed by atoms with Gasteiger partial charge < -0.3 is 5.32 Å². The molecule has 0 spiro atoms. The van der Waals surface area contributed by atoms with Gasteiger partial charge >= 0.3 is 0 Å². The van der Waals surface area contributed by atoms with E-state index < -0.39 is 0 Å². The molecule has 0 saturated carbocycles. The van der Waals surface area contributed by atoms with E-state index in [1.807, 2.05) is 43.3 Å². The summed E-state index contributed by atoms with van der Waals surface area (Å²) in [5.74, 6) is 0.241. The number of pyridine rings is 1. The number of nitrogens with zero attached hydrogens (tertiary/aromatic N) is 1. The fourth-order valence-electron chi connectivity index (χ4n) is 2.80. The minimum absolute atomic E-state index is 0.0226. The van der Waals surface area contributed by atoms with Crippen molar-refractivity contribution in [1.82, 2.24) is 21.2 Å². The van der Waals surface area contributed by atoms with E-state index in [2.05, 4.69) is 44.0 Å². The first kappa shape index (κ1) is 18.4. The fraction of sp³-hybridized carbons (Fsp3) is 0.333. The molecule has 2 heterocycles. The highest BCUT2D eigenvalue weighted by Gasteiger charge is 2.34. The number of hydrogen-bond acceptors (Lipinski definition) is 5. The molecule has 3 rings (SSSR count). The molecule has 0 bridgehead atoms. The van der Waals surface area contributed by atoms with Crippen molar-refractivity contribution < 1.29 is 4.79 Å². The van der Waals surface area contributed by atoms with Gasteiger partial charge in [-0.2, -0.15) is 0 Å². The molecule has 1 aliphatic heterocycles. The van der Waals surface area contributed by atoms with Gasteiger partial charge in [0.05, 0.1) is 17.5 Å². The van der Waals surface area contributed by atoms with Crippen LogP contribution in [0.2, 0.25) is 0 Å². The summed E-state index contributed by atoms with van der Waals surface area (Å²) in [7, 11) is 0. The Balaban J connectivity index is 1.56. The molecule has 1 aromatic carbocycles. The summed E-state index contributed by atoms with van der Waals surface area (Å²) in [6.07, 6.45) is 3.46. The molecule has 4 atom stereocenters. The molecule has 7 heteroatoms. The number of aromatic nitrogens is 1. The number of halogens is 1. The first-order valence-corrected chi connectivity index (χ1v) is 9.85. The maximum Gasteiger partial charge on any atom is 0.234 e. The molecule has 1 aliphatic rings. The average molecular weight is 421 g/mol. The van der Waals surface area contributed by atoms with Crippen LogP contribution in [-0.4, -0.2) is 22.3 Å². The van der Waals surface area contributed by atoms with Crippen molar-refractivity contribution >= 4 is 33.6 Å². The molecule has 25 heavy (non-hydrogen) atoms. The molecule has 0 aliphatic carbocycles. The van der Waals surface area contributed by atoms with E-state index in [9.17, 15) is 4.79 Å². The van der Waals surface area contributed by atoms with E-state index in [1.165, 1.54) is 0 Å². The van der Waals surface area contributed by atoms with Crippen LogP contribution in [0.25, 0.3) is 0 Å². The summed E-state index contributed by atoms with van der Waals surface area (Å²) >= 11 is 4.98. The van der Waals surface area contributed by atoms with E-state index >= 15 is 0 Å². The lowest BCUT2D eigenvalue weighted by molar-refractivity contribution is -0.121. The van der Waals surface area contributed by atoms with Gasteiger partial charge in [-0.3, -0.25) is 9.78 Å². The summed E-state index contributed by atoms with van der Waals surface area (Å²) in [6.45, 7) is 4.05. The average Bonchev–Trinajstić information content (AvgIpc) is 2.98. The maximum atomic E-state index is 12.5. The summed E-state index contributed by atoms with van der Waals surface area (Å²) in [5, 5.41) is 2.93. The number of thioether (sulfide) groups is 1. The minimum Gasteiger partial charge on any atom is -0.338 e. The molecule has 2 aromatic rings. The Bertz CT molecular complexity index is 713. The molecule has 0 radical (unpaired) electrons. The Morgan fingerprint density at radius 2 is 1.88 bits per heavy atom. The smallest absolute Gasteiger partial charge is 0.234 e.